The molecule has 0 saturated heterocycles. The van der Waals surface area contributed by atoms with Crippen LogP contribution in [0.4, 0.5) is 0 Å². The number of hydrogen-bond acceptors (Lipinski definition) is 2. The lowest BCUT2D eigenvalue weighted by Crippen LogP contribution is -2.35. The van der Waals surface area contributed by atoms with Crippen molar-refractivity contribution in [1.29, 1.82) is 0 Å². The topological polar surface area (TPSA) is 25.2 Å². The van der Waals surface area contributed by atoms with E-state index in [0.717, 1.165) is 31.3 Å². The molecule has 2 unspecified atom stereocenters. The van der Waals surface area contributed by atoms with Crippen molar-refractivity contribution in [1.82, 2.24) is 5.32 Å². The van der Waals surface area contributed by atoms with Crippen molar-refractivity contribution in [2.24, 2.45) is 17.3 Å². The van der Waals surface area contributed by atoms with Crippen LogP contribution in [0.5, 0.6) is 0 Å². The van der Waals surface area contributed by atoms with Crippen LogP contribution in [0.25, 0.3) is 0 Å². The molecular weight excluding hydrogens is 198 g/mol. The van der Waals surface area contributed by atoms with Crippen molar-refractivity contribution in [2.75, 3.05) is 13.1 Å². The van der Waals surface area contributed by atoms with Gasteiger partial charge in [0.2, 0.25) is 0 Å². The van der Waals surface area contributed by atoms with Crippen LogP contribution in [0.3, 0.4) is 0 Å². The van der Waals surface area contributed by atoms with E-state index in [-0.39, 0.29) is 0 Å². The zero-order chi connectivity index (χ0) is 11.0. The molecule has 0 radical (unpaired) electrons. The summed E-state index contributed by atoms with van der Waals surface area (Å²) in [6.07, 6.45) is 7.23. The minimum absolute atomic E-state index is 0.488. The predicted molar refractivity (Wildman–Crippen MR) is 64.2 cm³/mol. The maximum absolute atomic E-state index is 5.52. The second-order valence-electron chi connectivity index (χ2n) is 5.70. The van der Waals surface area contributed by atoms with Crippen molar-refractivity contribution in [2.45, 2.75) is 32.6 Å². The van der Waals surface area contributed by atoms with E-state index in [4.69, 9.17) is 4.42 Å². The van der Waals surface area contributed by atoms with Crippen LogP contribution in [0.2, 0.25) is 0 Å². The third-order valence-corrected chi connectivity index (χ3v) is 4.34. The molecule has 2 nitrogen and oxygen atoms in total. The summed E-state index contributed by atoms with van der Waals surface area (Å²) in [6, 6.07) is 4.13. The molecule has 16 heavy (non-hydrogen) atoms. The lowest BCUT2D eigenvalue weighted by Gasteiger charge is -2.30. The highest BCUT2D eigenvalue weighted by atomic mass is 16.3. The molecule has 0 spiro atoms. The van der Waals surface area contributed by atoms with E-state index in [9.17, 15) is 0 Å². The fraction of sp³-hybridized carbons (Fsp3) is 0.714. The lowest BCUT2D eigenvalue weighted by atomic mass is 9.79. The normalized spacial score (nSPS) is 36.3. The lowest BCUT2D eigenvalue weighted by molar-refractivity contribution is 0.234. The van der Waals surface area contributed by atoms with E-state index in [2.05, 4.69) is 18.3 Å². The van der Waals surface area contributed by atoms with Gasteiger partial charge >= 0.3 is 0 Å². The van der Waals surface area contributed by atoms with Gasteiger partial charge in [-0.05, 0) is 55.2 Å². The molecule has 2 saturated carbocycles. The fourth-order valence-corrected chi connectivity index (χ4v) is 3.53. The van der Waals surface area contributed by atoms with Crippen LogP contribution >= 0.6 is 0 Å². The van der Waals surface area contributed by atoms with Gasteiger partial charge in [0.05, 0.1) is 6.26 Å². The summed E-state index contributed by atoms with van der Waals surface area (Å²) in [5.74, 6) is 3.24. The Morgan fingerprint density at radius 1 is 1.44 bits per heavy atom. The van der Waals surface area contributed by atoms with Gasteiger partial charge in [0.1, 0.15) is 5.76 Å². The van der Waals surface area contributed by atoms with Crippen molar-refractivity contribution in [3.63, 3.8) is 0 Å². The van der Waals surface area contributed by atoms with Gasteiger partial charge in [-0.15, -0.1) is 0 Å². The Morgan fingerprint density at radius 3 is 2.88 bits per heavy atom. The van der Waals surface area contributed by atoms with Gasteiger partial charge in [-0.2, -0.15) is 0 Å². The molecule has 0 aliphatic heterocycles. The minimum atomic E-state index is 0.488. The Hall–Kier alpha value is -0.760. The van der Waals surface area contributed by atoms with Gasteiger partial charge in [-0.3, -0.25) is 0 Å². The fourth-order valence-electron chi connectivity index (χ4n) is 3.53. The van der Waals surface area contributed by atoms with Gasteiger partial charge < -0.3 is 9.73 Å². The number of fused-ring (bicyclic) bond motifs is 1. The first-order valence-corrected chi connectivity index (χ1v) is 6.54. The Morgan fingerprint density at radius 2 is 2.25 bits per heavy atom. The first-order chi connectivity index (χ1) is 7.81. The summed E-state index contributed by atoms with van der Waals surface area (Å²) in [4.78, 5) is 0. The van der Waals surface area contributed by atoms with Crippen LogP contribution in [0, 0.1) is 17.3 Å². The summed E-state index contributed by atoms with van der Waals surface area (Å²) < 4.78 is 5.52. The first kappa shape index (κ1) is 10.4. The summed E-state index contributed by atoms with van der Waals surface area (Å²) in [7, 11) is 0. The molecule has 2 atom stereocenters. The molecule has 1 N–H and O–H groups in total. The first-order valence-electron chi connectivity index (χ1n) is 6.54. The van der Waals surface area contributed by atoms with Gasteiger partial charge in [0, 0.05) is 13.0 Å². The van der Waals surface area contributed by atoms with E-state index in [1.807, 2.05) is 6.07 Å². The molecule has 2 aliphatic carbocycles. The average Bonchev–Trinajstić information content (AvgIpc) is 2.71. The zero-order valence-electron chi connectivity index (χ0n) is 10.0. The molecular formula is C14H21NO. The van der Waals surface area contributed by atoms with Crippen LogP contribution in [-0.4, -0.2) is 13.1 Å². The van der Waals surface area contributed by atoms with Gasteiger partial charge in [-0.1, -0.05) is 6.92 Å². The molecule has 1 aromatic rings. The van der Waals surface area contributed by atoms with E-state index < -0.39 is 0 Å². The number of hydrogen-bond donors (Lipinski definition) is 1. The second kappa shape index (κ2) is 3.92. The van der Waals surface area contributed by atoms with Crippen molar-refractivity contribution in [3.8, 4) is 0 Å². The molecule has 0 bridgehead atoms. The summed E-state index contributed by atoms with van der Waals surface area (Å²) in [5.41, 5.74) is 0.488. The Labute approximate surface area is 97.4 Å². The molecule has 1 aromatic heterocycles. The second-order valence-corrected chi connectivity index (χ2v) is 5.70. The highest BCUT2D eigenvalue weighted by Gasteiger charge is 2.53. The van der Waals surface area contributed by atoms with Gasteiger partial charge in [0.25, 0.3) is 0 Å². The smallest absolute Gasteiger partial charge is 0.104 e. The molecule has 2 aliphatic rings. The van der Waals surface area contributed by atoms with Crippen LogP contribution in [0.1, 0.15) is 31.9 Å². The van der Waals surface area contributed by atoms with Gasteiger partial charge in [-0.25, -0.2) is 0 Å². The van der Waals surface area contributed by atoms with E-state index >= 15 is 0 Å². The monoisotopic (exact) mass is 219 g/mol. The minimum Gasteiger partial charge on any atom is -0.469 e. The molecule has 2 fully saturated rings. The molecule has 0 amide bonds. The zero-order valence-corrected chi connectivity index (χ0v) is 10.0. The predicted octanol–water partition coefficient (Wildman–Crippen LogP) is 2.85. The van der Waals surface area contributed by atoms with Crippen molar-refractivity contribution < 1.29 is 4.42 Å². The van der Waals surface area contributed by atoms with E-state index in [0.29, 0.717) is 5.41 Å². The quantitative estimate of drug-likeness (QED) is 0.823. The highest BCUT2D eigenvalue weighted by Crippen LogP contribution is 2.60. The summed E-state index contributed by atoms with van der Waals surface area (Å²) in [5, 5.41) is 3.54. The largest absolute Gasteiger partial charge is 0.469 e. The Bertz CT molecular complexity index is 334. The molecule has 1 heterocycles. The number of rotatable bonds is 5. The standard InChI is InChI=1S/C14H21NO/c1-2-15-10-14(7-11-6-12(11)8-14)9-13-4-3-5-16-13/h3-5,11-12,15H,2,6-10H2,1H3. The number of furan rings is 1. The Balaban J connectivity index is 1.69. The third kappa shape index (κ3) is 1.91. The van der Waals surface area contributed by atoms with E-state index in [1.165, 1.54) is 25.0 Å². The molecule has 0 aromatic carbocycles. The molecule has 88 valence electrons. The highest BCUT2D eigenvalue weighted by molar-refractivity contribution is 5.10. The molecule has 2 heteroatoms. The van der Waals surface area contributed by atoms with Gasteiger partial charge in [0.15, 0.2) is 0 Å². The van der Waals surface area contributed by atoms with Crippen LogP contribution in [0.15, 0.2) is 22.8 Å². The Kier molecular flexibility index (Phi) is 2.55. The number of nitrogens with one attached hydrogen (secondary N) is 1. The van der Waals surface area contributed by atoms with Crippen LogP contribution < -0.4 is 5.32 Å². The van der Waals surface area contributed by atoms with Crippen molar-refractivity contribution >= 4 is 0 Å². The van der Waals surface area contributed by atoms with Crippen molar-refractivity contribution in [3.05, 3.63) is 24.2 Å². The maximum atomic E-state index is 5.52. The molecule has 3 rings (SSSR count). The summed E-state index contributed by atoms with van der Waals surface area (Å²) >= 11 is 0. The third-order valence-electron chi connectivity index (χ3n) is 4.34. The summed E-state index contributed by atoms with van der Waals surface area (Å²) in [6.45, 7) is 4.43. The van der Waals surface area contributed by atoms with Crippen LogP contribution in [-0.2, 0) is 6.42 Å². The van der Waals surface area contributed by atoms with E-state index in [1.54, 1.807) is 6.26 Å². The SMILES string of the molecule is CCNCC1(Cc2ccco2)CC2CC2C1. The average molecular weight is 219 g/mol. The maximum Gasteiger partial charge on any atom is 0.104 e.